The SMILES string of the molecule is CCc1cccc(NC(Cc2ccc(C(=O)Nc3c(Cl)cncc3Cl)cc2)C(=O)O)n1. The lowest BCUT2D eigenvalue weighted by Crippen LogP contribution is -2.32. The van der Waals surface area contributed by atoms with Crippen LogP contribution in [-0.4, -0.2) is 33.0 Å². The standard InChI is InChI=1S/C22H20Cl2N4O3/c1-2-15-4-3-5-19(26-15)27-18(22(30)31)10-13-6-8-14(9-7-13)21(29)28-20-16(23)11-25-12-17(20)24/h3-9,11-12,18H,2,10H2,1H3,(H,26,27)(H,30,31)(H,25,28,29). The third-order valence-electron chi connectivity index (χ3n) is 4.54. The molecule has 3 N–H and O–H groups in total. The molecule has 0 fully saturated rings. The molecule has 1 atom stereocenters. The van der Waals surface area contributed by atoms with Crippen LogP contribution < -0.4 is 10.6 Å². The molecule has 0 aliphatic rings. The number of carbonyl (C=O) groups is 2. The first-order valence-corrected chi connectivity index (χ1v) is 10.3. The quantitative estimate of drug-likeness (QED) is 0.451. The molecule has 0 bridgehead atoms. The predicted octanol–water partition coefficient (Wildman–Crippen LogP) is 4.71. The number of carboxylic acid groups (broad SMARTS) is 1. The monoisotopic (exact) mass is 458 g/mol. The molecule has 1 aromatic carbocycles. The molecule has 0 aliphatic carbocycles. The molecular formula is C22H20Cl2N4O3. The van der Waals surface area contributed by atoms with Gasteiger partial charge < -0.3 is 15.7 Å². The minimum atomic E-state index is -0.993. The van der Waals surface area contributed by atoms with E-state index in [-0.39, 0.29) is 22.2 Å². The first kappa shape index (κ1) is 22.5. The number of halogens is 2. The Bertz CT molecular complexity index is 1070. The van der Waals surface area contributed by atoms with Crippen LogP contribution in [0.25, 0.3) is 0 Å². The second-order valence-corrected chi connectivity index (χ2v) is 7.55. The highest BCUT2D eigenvalue weighted by molar-refractivity contribution is 6.39. The number of carbonyl (C=O) groups excluding carboxylic acids is 1. The van der Waals surface area contributed by atoms with Crippen LogP contribution in [0, 0.1) is 0 Å². The summed E-state index contributed by atoms with van der Waals surface area (Å²) in [4.78, 5) is 32.5. The number of benzene rings is 1. The second-order valence-electron chi connectivity index (χ2n) is 6.74. The van der Waals surface area contributed by atoms with Crippen LogP contribution in [0.15, 0.2) is 54.9 Å². The van der Waals surface area contributed by atoms with Crippen LogP contribution >= 0.6 is 23.2 Å². The first-order chi connectivity index (χ1) is 14.9. The van der Waals surface area contributed by atoms with E-state index in [4.69, 9.17) is 23.2 Å². The van der Waals surface area contributed by atoms with Gasteiger partial charge in [-0.05, 0) is 36.2 Å². The molecule has 3 aromatic rings. The van der Waals surface area contributed by atoms with Crippen LogP contribution in [0.3, 0.4) is 0 Å². The number of hydrogen-bond donors (Lipinski definition) is 3. The lowest BCUT2D eigenvalue weighted by molar-refractivity contribution is -0.137. The van der Waals surface area contributed by atoms with E-state index in [2.05, 4.69) is 20.6 Å². The van der Waals surface area contributed by atoms with Gasteiger partial charge >= 0.3 is 5.97 Å². The largest absolute Gasteiger partial charge is 0.480 e. The summed E-state index contributed by atoms with van der Waals surface area (Å²) in [5.74, 6) is -0.878. The summed E-state index contributed by atoms with van der Waals surface area (Å²) in [5.41, 5.74) is 2.29. The summed E-state index contributed by atoms with van der Waals surface area (Å²) < 4.78 is 0. The first-order valence-electron chi connectivity index (χ1n) is 9.52. The molecule has 0 spiro atoms. The highest BCUT2D eigenvalue weighted by Gasteiger charge is 2.19. The van der Waals surface area contributed by atoms with Crippen molar-refractivity contribution in [3.8, 4) is 0 Å². The van der Waals surface area contributed by atoms with Crippen molar-refractivity contribution >= 4 is 46.6 Å². The Balaban J connectivity index is 1.69. The van der Waals surface area contributed by atoms with Crippen molar-refractivity contribution in [3.05, 3.63) is 81.7 Å². The van der Waals surface area contributed by atoms with Gasteiger partial charge in [-0.3, -0.25) is 9.78 Å². The average molecular weight is 459 g/mol. The maximum Gasteiger partial charge on any atom is 0.326 e. The van der Waals surface area contributed by atoms with Gasteiger partial charge in [0.1, 0.15) is 11.9 Å². The molecule has 9 heteroatoms. The van der Waals surface area contributed by atoms with Crippen molar-refractivity contribution < 1.29 is 14.7 Å². The number of rotatable bonds is 8. The van der Waals surface area contributed by atoms with E-state index in [1.807, 2.05) is 19.1 Å². The van der Waals surface area contributed by atoms with E-state index in [0.29, 0.717) is 11.4 Å². The topological polar surface area (TPSA) is 104 Å². The maximum atomic E-state index is 12.5. The van der Waals surface area contributed by atoms with Gasteiger partial charge in [0.2, 0.25) is 0 Å². The van der Waals surface area contributed by atoms with E-state index in [1.54, 1.807) is 30.3 Å². The zero-order valence-electron chi connectivity index (χ0n) is 16.6. The Labute approximate surface area is 189 Å². The molecule has 2 aromatic heterocycles. The van der Waals surface area contributed by atoms with Crippen molar-refractivity contribution in [2.24, 2.45) is 0 Å². The van der Waals surface area contributed by atoms with Crippen molar-refractivity contribution in [3.63, 3.8) is 0 Å². The third kappa shape index (κ3) is 5.93. The minimum absolute atomic E-state index is 0.220. The second kappa shape index (κ2) is 10.2. The van der Waals surface area contributed by atoms with Crippen LogP contribution in [0.5, 0.6) is 0 Å². The summed E-state index contributed by atoms with van der Waals surface area (Å²) in [5, 5.41) is 15.7. The Morgan fingerprint density at radius 2 is 1.74 bits per heavy atom. The van der Waals surface area contributed by atoms with E-state index in [9.17, 15) is 14.7 Å². The molecule has 3 rings (SSSR count). The van der Waals surface area contributed by atoms with Crippen molar-refractivity contribution in [2.75, 3.05) is 10.6 Å². The summed E-state index contributed by atoms with van der Waals surface area (Å²) >= 11 is 12.1. The lowest BCUT2D eigenvalue weighted by Gasteiger charge is -2.16. The van der Waals surface area contributed by atoms with Gasteiger partial charge in [-0.15, -0.1) is 0 Å². The van der Waals surface area contributed by atoms with Crippen LogP contribution in [0.4, 0.5) is 11.5 Å². The fourth-order valence-electron chi connectivity index (χ4n) is 2.88. The van der Waals surface area contributed by atoms with Gasteiger partial charge in [-0.1, -0.05) is 48.3 Å². The van der Waals surface area contributed by atoms with Gasteiger partial charge in [0.25, 0.3) is 5.91 Å². The smallest absolute Gasteiger partial charge is 0.326 e. The number of anilines is 2. The van der Waals surface area contributed by atoms with E-state index in [1.165, 1.54) is 12.4 Å². The molecule has 31 heavy (non-hydrogen) atoms. The van der Waals surface area contributed by atoms with E-state index < -0.39 is 17.9 Å². The van der Waals surface area contributed by atoms with Crippen molar-refractivity contribution in [1.82, 2.24) is 9.97 Å². The number of carboxylic acids is 1. The fraction of sp³-hybridized carbons (Fsp3) is 0.182. The van der Waals surface area contributed by atoms with Gasteiger partial charge in [-0.25, -0.2) is 9.78 Å². The van der Waals surface area contributed by atoms with Crippen LogP contribution in [0.1, 0.15) is 28.5 Å². The lowest BCUT2D eigenvalue weighted by atomic mass is 10.0. The summed E-state index contributed by atoms with van der Waals surface area (Å²) in [6.07, 6.45) is 3.75. The number of nitrogens with zero attached hydrogens (tertiary/aromatic N) is 2. The van der Waals surface area contributed by atoms with Crippen molar-refractivity contribution in [1.29, 1.82) is 0 Å². The molecule has 1 amide bonds. The number of hydrogen-bond acceptors (Lipinski definition) is 5. The molecule has 0 saturated heterocycles. The molecule has 0 saturated carbocycles. The predicted molar refractivity (Wildman–Crippen MR) is 121 cm³/mol. The number of amides is 1. The summed E-state index contributed by atoms with van der Waals surface area (Å²) in [6.45, 7) is 1.98. The molecular weight excluding hydrogens is 439 g/mol. The number of aliphatic carboxylic acids is 1. The molecule has 2 heterocycles. The number of nitrogens with one attached hydrogen (secondary N) is 2. The Kier molecular flexibility index (Phi) is 7.44. The number of aryl methyl sites for hydroxylation is 1. The highest BCUT2D eigenvalue weighted by Crippen LogP contribution is 2.29. The van der Waals surface area contributed by atoms with Gasteiger partial charge in [0.15, 0.2) is 0 Å². The fourth-order valence-corrected chi connectivity index (χ4v) is 3.34. The number of aromatic nitrogens is 2. The molecule has 1 unspecified atom stereocenters. The number of pyridine rings is 2. The molecule has 7 nitrogen and oxygen atoms in total. The van der Waals surface area contributed by atoms with E-state index >= 15 is 0 Å². The minimum Gasteiger partial charge on any atom is -0.480 e. The van der Waals surface area contributed by atoms with E-state index in [0.717, 1.165) is 17.7 Å². The maximum absolute atomic E-state index is 12.5. The van der Waals surface area contributed by atoms with Gasteiger partial charge in [0.05, 0.1) is 15.7 Å². The van der Waals surface area contributed by atoms with Crippen LogP contribution in [0.2, 0.25) is 10.0 Å². The van der Waals surface area contributed by atoms with Crippen LogP contribution in [-0.2, 0) is 17.6 Å². The zero-order valence-corrected chi connectivity index (χ0v) is 18.1. The average Bonchev–Trinajstić information content (AvgIpc) is 2.76. The summed E-state index contributed by atoms with van der Waals surface area (Å²) in [6, 6.07) is 11.2. The summed E-state index contributed by atoms with van der Waals surface area (Å²) in [7, 11) is 0. The molecule has 160 valence electrons. The van der Waals surface area contributed by atoms with Gasteiger partial charge in [-0.2, -0.15) is 0 Å². The highest BCUT2D eigenvalue weighted by atomic mass is 35.5. The molecule has 0 aliphatic heterocycles. The molecule has 0 radical (unpaired) electrons. The zero-order chi connectivity index (χ0) is 22.4. The normalized spacial score (nSPS) is 11.6. The van der Waals surface area contributed by atoms with Gasteiger partial charge in [0, 0.05) is 30.1 Å². The Morgan fingerprint density at radius 1 is 1.06 bits per heavy atom. The Hall–Kier alpha value is -3.16. The third-order valence-corrected chi connectivity index (χ3v) is 5.11. The Morgan fingerprint density at radius 3 is 2.35 bits per heavy atom. The van der Waals surface area contributed by atoms with Crippen molar-refractivity contribution in [2.45, 2.75) is 25.8 Å².